The monoisotopic (exact) mass is 694 g/mol. The van der Waals surface area contributed by atoms with Gasteiger partial charge in [0.25, 0.3) is 0 Å². The van der Waals surface area contributed by atoms with Gasteiger partial charge in [0, 0.05) is 37.5 Å². The number of ketones is 2. The zero-order valence-electron chi connectivity index (χ0n) is 30.4. The number of Topliss-reactive ketones (excluding diaryl/α,β-unsaturated/α-hetero) is 2. The van der Waals surface area contributed by atoms with E-state index in [1.807, 2.05) is 38.1 Å². The van der Waals surface area contributed by atoms with Crippen molar-refractivity contribution in [1.29, 1.82) is 0 Å². The van der Waals surface area contributed by atoms with Crippen molar-refractivity contribution in [2.45, 2.75) is 153 Å². The number of rotatable bonds is 6. The van der Waals surface area contributed by atoms with Crippen LogP contribution in [0.2, 0.25) is 0 Å². The lowest BCUT2D eigenvalue weighted by molar-refractivity contribution is -0.569. The lowest BCUT2D eigenvalue weighted by Gasteiger charge is -2.60. The molecule has 8 aliphatic heterocycles. The largest absolute Gasteiger partial charge is 0.338 e. The van der Waals surface area contributed by atoms with E-state index in [4.69, 9.17) is 38.5 Å². The first-order chi connectivity index (χ1) is 23.9. The second-order valence-electron chi connectivity index (χ2n) is 17.8. The molecule has 50 heavy (non-hydrogen) atoms. The van der Waals surface area contributed by atoms with Crippen molar-refractivity contribution in [2.75, 3.05) is 0 Å². The van der Waals surface area contributed by atoms with Gasteiger partial charge >= 0.3 is 0 Å². The molecule has 16 atom stereocenters. The highest BCUT2D eigenvalue weighted by Gasteiger charge is 2.71. The van der Waals surface area contributed by atoms with E-state index in [-0.39, 0.29) is 59.9 Å². The first kappa shape index (κ1) is 34.0. The van der Waals surface area contributed by atoms with Crippen LogP contribution in [-0.2, 0) is 60.9 Å². The van der Waals surface area contributed by atoms with Crippen LogP contribution in [0.5, 0.6) is 0 Å². The molecule has 10 aliphatic rings. The Labute approximate surface area is 295 Å². The molecule has 0 aromatic heterocycles. The average Bonchev–Trinajstić information content (AvgIpc) is 3.46. The topological polar surface area (TPSA) is 108 Å². The molecule has 2 spiro atoms. The van der Waals surface area contributed by atoms with Gasteiger partial charge < -0.3 is 18.9 Å². The quantitative estimate of drug-likeness (QED) is 0.310. The molecule has 0 N–H and O–H groups in total. The summed E-state index contributed by atoms with van der Waals surface area (Å²) in [5.74, 6) is -0.0714. The molecule has 1 aromatic rings. The van der Waals surface area contributed by atoms with Gasteiger partial charge in [-0.2, -0.15) is 0 Å². The molecule has 274 valence electrons. The van der Waals surface area contributed by atoms with Crippen molar-refractivity contribution in [3.8, 4) is 0 Å². The standard InChI is InChI=1S/C40H54O10/c1-21-7-13-29-23(3)33(43-35-39(29)27(21)15-17-37(5,45-35)47-49-39)31(41)19-25-9-11-26(12-10-25)20-32(42)34-24(4)30-14-8-22(2)28-16-18-38(6)46-36(44-34)40(28,30)50-48-38/h9-12,21-24,27-30,33-36H,7-8,13-20H2,1-6H3/t21-,22-,23?,24?,27+,28+,29+,30+,33+,34+,35-,36-,37-,38-,39-,40-/m1/s1. The Kier molecular flexibility index (Phi) is 8.08. The fourth-order valence-corrected chi connectivity index (χ4v) is 11.9. The molecule has 8 saturated heterocycles. The van der Waals surface area contributed by atoms with E-state index < -0.39 is 47.6 Å². The normalized spacial score (nSPS) is 52.0. The van der Waals surface area contributed by atoms with Crippen LogP contribution in [0, 0.1) is 47.3 Å². The molecule has 10 heteroatoms. The maximum absolute atomic E-state index is 13.9. The second-order valence-corrected chi connectivity index (χ2v) is 17.8. The number of ether oxygens (including phenoxy) is 4. The molecule has 11 rings (SSSR count). The summed E-state index contributed by atoms with van der Waals surface area (Å²) in [6, 6.07) is 7.84. The lowest BCUT2D eigenvalue weighted by atomic mass is 9.57. The van der Waals surface area contributed by atoms with E-state index >= 15 is 0 Å². The van der Waals surface area contributed by atoms with Gasteiger partial charge in [0.1, 0.15) is 12.2 Å². The predicted molar refractivity (Wildman–Crippen MR) is 178 cm³/mol. The van der Waals surface area contributed by atoms with E-state index in [0.29, 0.717) is 11.8 Å². The average molecular weight is 695 g/mol. The Morgan fingerprint density at radius 2 is 0.980 bits per heavy atom. The fraction of sp³-hybridized carbons (Fsp3) is 0.800. The van der Waals surface area contributed by atoms with Gasteiger partial charge in [0.05, 0.1) is 0 Å². The van der Waals surface area contributed by atoms with Gasteiger partial charge in [-0.1, -0.05) is 52.0 Å². The van der Waals surface area contributed by atoms with Gasteiger partial charge in [0.2, 0.25) is 11.6 Å². The summed E-state index contributed by atoms with van der Waals surface area (Å²) in [6.07, 6.45) is 5.52. The van der Waals surface area contributed by atoms with Gasteiger partial charge in [-0.3, -0.25) is 9.59 Å². The number of carbonyl (C=O) groups excluding carboxylic acids is 2. The van der Waals surface area contributed by atoms with Crippen LogP contribution < -0.4 is 0 Å². The molecular formula is C40H54O10. The van der Waals surface area contributed by atoms with Crippen molar-refractivity contribution >= 4 is 11.6 Å². The molecule has 0 amide bonds. The number of benzene rings is 1. The third-order valence-corrected chi connectivity index (χ3v) is 14.7. The molecule has 0 radical (unpaired) electrons. The zero-order valence-corrected chi connectivity index (χ0v) is 30.4. The van der Waals surface area contributed by atoms with Gasteiger partial charge in [-0.15, -0.1) is 0 Å². The summed E-state index contributed by atoms with van der Waals surface area (Å²) >= 11 is 0. The van der Waals surface area contributed by atoms with E-state index in [1.165, 1.54) is 0 Å². The van der Waals surface area contributed by atoms with Crippen LogP contribution in [0.1, 0.15) is 104 Å². The highest BCUT2D eigenvalue weighted by Crippen LogP contribution is 2.62. The third-order valence-electron chi connectivity index (χ3n) is 14.7. The summed E-state index contributed by atoms with van der Waals surface area (Å²) in [7, 11) is 0. The first-order valence-electron chi connectivity index (χ1n) is 19.4. The first-order valence-corrected chi connectivity index (χ1v) is 19.4. The minimum Gasteiger partial charge on any atom is -0.338 e. The summed E-state index contributed by atoms with van der Waals surface area (Å²) in [5.41, 5.74) is 0.422. The SMILES string of the molecule is CC1[C@@H](C(=O)Cc2ccc(CC(=O)[C@H]3O[C@@H]4O[C@@]5(C)CC[C@H]6[C@H](C)CC[C@@H](C3C)[C@@]46OO5)cc2)O[C@@H]2O[C@@]3(C)CC[C@H]4[C@H](C)CC[C@@H]1[C@@]24OO3. The van der Waals surface area contributed by atoms with Crippen LogP contribution in [0.4, 0.5) is 0 Å². The molecule has 2 unspecified atom stereocenters. The Balaban J connectivity index is 0.876. The molecule has 10 nitrogen and oxygen atoms in total. The zero-order chi connectivity index (χ0) is 34.8. The minimum atomic E-state index is -0.874. The molecule has 1 aromatic carbocycles. The van der Waals surface area contributed by atoms with Crippen LogP contribution in [-0.4, -0.2) is 59.1 Å². The van der Waals surface area contributed by atoms with Crippen molar-refractivity contribution in [3.05, 3.63) is 35.4 Å². The van der Waals surface area contributed by atoms with Crippen molar-refractivity contribution in [3.63, 3.8) is 0 Å². The van der Waals surface area contributed by atoms with Crippen LogP contribution in [0.3, 0.4) is 0 Å². The summed E-state index contributed by atoms with van der Waals surface area (Å²) < 4.78 is 26.1. The molecule has 8 heterocycles. The number of fused-ring (bicyclic) bond motifs is 4. The Morgan fingerprint density at radius 1 is 0.580 bits per heavy atom. The Hall–Kier alpha value is -1.76. The van der Waals surface area contributed by atoms with Gasteiger partial charge in [0.15, 0.2) is 35.3 Å². The maximum Gasteiger partial charge on any atom is 0.201 e. The minimum absolute atomic E-state index is 0.0354. The highest BCUT2D eigenvalue weighted by molar-refractivity contribution is 5.87. The summed E-state index contributed by atoms with van der Waals surface area (Å²) in [6.45, 7) is 12.6. The lowest BCUT2D eigenvalue weighted by Crippen LogP contribution is -2.71. The number of carbonyl (C=O) groups is 2. The summed E-state index contributed by atoms with van der Waals surface area (Å²) in [4.78, 5) is 52.2. The van der Waals surface area contributed by atoms with Crippen molar-refractivity contribution in [1.82, 2.24) is 0 Å². The van der Waals surface area contributed by atoms with Crippen LogP contribution in [0.15, 0.2) is 24.3 Å². The smallest absolute Gasteiger partial charge is 0.201 e. The van der Waals surface area contributed by atoms with E-state index in [0.717, 1.165) is 62.5 Å². The highest BCUT2D eigenvalue weighted by atomic mass is 17.3. The third kappa shape index (κ3) is 4.95. The molecule has 10 fully saturated rings. The van der Waals surface area contributed by atoms with Crippen molar-refractivity contribution < 1.29 is 48.1 Å². The van der Waals surface area contributed by atoms with Crippen LogP contribution in [0.25, 0.3) is 0 Å². The molecule has 4 bridgehead atoms. The Bertz CT molecular complexity index is 1400. The van der Waals surface area contributed by atoms with Crippen molar-refractivity contribution in [2.24, 2.45) is 47.3 Å². The van der Waals surface area contributed by atoms with E-state index in [9.17, 15) is 9.59 Å². The fourth-order valence-electron chi connectivity index (χ4n) is 11.9. The summed E-state index contributed by atoms with van der Waals surface area (Å²) in [5, 5.41) is 0. The Morgan fingerprint density at radius 3 is 1.38 bits per heavy atom. The van der Waals surface area contributed by atoms with E-state index in [2.05, 4.69) is 27.7 Å². The molecule has 2 aliphatic carbocycles. The second kappa shape index (κ2) is 11.9. The van der Waals surface area contributed by atoms with Gasteiger partial charge in [-0.05, 0) is 99.0 Å². The van der Waals surface area contributed by atoms with Crippen LogP contribution >= 0.6 is 0 Å². The van der Waals surface area contributed by atoms with E-state index in [1.54, 1.807) is 0 Å². The van der Waals surface area contributed by atoms with Gasteiger partial charge in [-0.25, -0.2) is 19.6 Å². The maximum atomic E-state index is 13.9. The number of hydrogen-bond acceptors (Lipinski definition) is 10. The number of hydrogen-bond donors (Lipinski definition) is 0. The molecular weight excluding hydrogens is 640 g/mol. The molecule has 2 saturated carbocycles. The predicted octanol–water partition coefficient (Wildman–Crippen LogP) is 6.41.